The second kappa shape index (κ2) is 5.13. The van der Waals surface area contributed by atoms with E-state index in [1.54, 1.807) is 12.1 Å². The smallest absolute Gasteiger partial charge is 0.293 e. The molecule has 0 saturated carbocycles. The molecule has 1 saturated heterocycles. The Bertz CT molecular complexity index is 593. The van der Waals surface area contributed by atoms with E-state index in [9.17, 15) is 14.9 Å². The van der Waals surface area contributed by atoms with Crippen LogP contribution in [0.1, 0.15) is 45.0 Å². The zero-order valence-electron chi connectivity index (χ0n) is 13.2. The summed E-state index contributed by atoms with van der Waals surface area (Å²) < 4.78 is 0. The molecule has 21 heavy (non-hydrogen) atoms. The molecule has 1 aliphatic heterocycles. The van der Waals surface area contributed by atoms with Crippen molar-refractivity contribution in [1.82, 2.24) is 0 Å². The molecule has 0 spiro atoms. The fraction of sp³-hybridized carbons (Fsp3) is 0.562. The maximum absolute atomic E-state index is 11.4. The summed E-state index contributed by atoms with van der Waals surface area (Å²) in [5.41, 5.74) is 1.15. The molecule has 0 radical (unpaired) electrons. The molecule has 0 aliphatic carbocycles. The van der Waals surface area contributed by atoms with Crippen molar-refractivity contribution in [3.63, 3.8) is 0 Å². The van der Waals surface area contributed by atoms with Crippen LogP contribution in [0.4, 0.5) is 11.4 Å². The van der Waals surface area contributed by atoms with Crippen molar-refractivity contribution in [3.05, 3.63) is 33.9 Å². The number of carbonyl (C=O) groups excluding carboxylic acids is 1. The summed E-state index contributed by atoms with van der Waals surface area (Å²) >= 11 is 0. The number of nitro benzene ring substituents is 1. The van der Waals surface area contributed by atoms with Gasteiger partial charge in [-0.2, -0.15) is 0 Å². The third kappa shape index (κ3) is 2.64. The first-order chi connectivity index (χ1) is 9.65. The van der Waals surface area contributed by atoms with Gasteiger partial charge in [-0.1, -0.05) is 27.7 Å². The van der Waals surface area contributed by atoms with Crippen LogP contribution in [0, 0.1) is 21.4 Å². The fourth-order valence-corrected chi connectivity index (χ4v) is 3.57. The number of Topliss-reactive ketones (excluding diaryl/α,β-unsaturated/α-hetero) is 1. The monoisotopic (exact) mass is 290 g/mol. The number of hydrogen-bond donors (Lipinski definition) is 0. The van der Waals surface area contributed by atoms with Gasteiger partial charge in [0.15, 0.2) is 5.78 Å². The molecule has 2 rings (SSSR count). The molecule has 1 heterocycles. The number of rotatable bonds is 4. The van der Waals surface area contributed by atoms with Crippen molar-refractivity contribution in [3.8, 4) is 0 Å². The average molecular weight is 290 g/mol. The van der Waals surface area contributed by atoms with Crippen LogP contribution in [0.5, 0.6) is 0 Å². The van der Waals surface area contributed by atoms with Crippen LogP contribution in [0.25, 0.3) is 0 Å². The highest BCUT2D eigenvalue weighted by Gasteiger charge is 2.48. The Morgan fingerprint density at radius 2 is 2.05 bits per heavy atom. The number of carbonyl (C=O) groups is 1. The van der Waals surface area contributed by atoms with Gasteiger partial charge in [0.05, 0.1) is 4.92 Å². The van der Waals surface area contributed by atoms with Gasteiger partial charge in [0.2, 0.25) is 0 Å². The standard InChI is InChI=1S/C16H22N2O3/c1-10(2)15-16(4,5)9-17(15)13-7-6-12(11(3)19)8-14(13)18(20)21/h6-8,10,15H,9H2,1-5H3/t15-/m1/s1. The van der Waals surface area contributed by atoms with Gasteiger partial charge < -0.3 is 4.90 Å². The fourth-order valence-electron chi connectivity index (χ4n) is 3.57. The molecule has 0 bridgehead atoms. The van der Waals surface area contributed by atoms with Gasteiger partial charge >= 0.3 is 0 Å². The minimum Gasteiger partial charge on any atom is -0.362 e. The van der Waals surface area contributed by atoms with E-state index in [1.807, 2.05) is 0 Å². The first kappa shape index (κ1) is 15.5. The molecule has 5 heteroatoms. The average Bonchev–Trinajstić information content (AvgIpc) is 2.34. The molecule has 1 fully saturated rings. The summed E-state index contributed by atoms with van der Waals surface area (Å²) in [6.45, 7) is 10.8. The van der Waals surface area contributed by atoms with E-state index in [0.717, 1.165) is 6.54 Å². The Balaban J connectivity index is 2.45. The van der Waals surface area contributed by atoms with Crippen LogP contribution in [-0.2, 0) is 0 Å². The van der Waals surface area contributed by atoms with E-state index in [0.29, 0.717) is 17.2 Å². The highest BCUT2D eigenvalue weighted by Crippen LogP contribution is 2.46. The zero-order valence-corrected chi connectivity index (χ0v) is 13.2. The largest absolute Gasteiger partial charge is 0.362 e. The Morgan fingerprint density at radius 1 is 1.43 bits per heavy atom. The van der Waals surface area contributed by atoms with Gasteiger partial charge in [-0.3, -0.25) is 14.9 Å². The summed E-state index contributed by atoms with van der Waals surface area (Å²) in [5.74, 6) is 0.245. The highest BCUT2D eigenvalue weighted by atomic mass is 16.6. The predicted octanol–water partition coefficient (Wildman–Crippen LogP) is 3.67. The quantitative estimate of drug-likeness (QED) is 0.482. The van der Waals surface area contributed by atoms with Gasteiger partial charge in [-0.15, -0.1) is 0 Å². The third-order valence-corrected chi connectivity index (χ3v) is 4.23. The molecule has 1 aliphatic rings. The first-order valence-corrected chi connectivity index (χ1v) is 7.21. The molecule has 114 valence electrons. The van der Waals surface area contributed by atoms with Crippen LogP contribution < -0.4 is 4.90 Å². The van der Waals surface area contributed by atoms with Gasteiger partial charge in [0.25, 0.3) is 5.69 Å². The predicted molar refractivity (Wildman–Crippen MR) is 82.9 cm³/mol. The van der Waals surface area contributed by atoms with Crippen molar-refractivity contribution in [2.24, 2.45) is 11.3 Å². The Kier molecular flexibility index (Phi) is 3.78. The number of hydrogen-bond acceptors (Lipinski definition) is 4. The second-order valence-electron chi connectivity index (χ2n) is 6.82. The lowest BCUT2D eigenvalue weighted by molar-refractivity contribution is -0.384. The zero-order chi connectivity index (χ0) is 15.9. The summed E-state index contributed by atoms with van der Waals surface area (Å²) in [6, 6.07) is 5.03. The van der Waals surface area contributed by atoms with Crippen molar-refractivity contribution in [2.75, 3.05) is 11.4 Å². The molecule has 1 aromatic carbocycles. The minimum atomic E-state index is -0.398. The van der Waals surface area contributed by atoms with Gasteiger partial charge in [-0.05, 0) is 25.0 Å². The summed E-state index contributed by atoms with van der Waals surface area (Å²) in [4.78, 5) is 24.5. The molecule has 0 amide bonds. The first-order valence-electron chi connectivity index (χ1n) is 7.21. The summed E-state index contributed by atoms with van der Waals surface area (Å²) in [6.07, 6.45) is 0. The number of benzene rings is 1. The van der Waals surface area contributed by atoms with Gasteiger partial charge in [-0.25, -0.2) is 0 Å². The van der Waals surface area contributed by atoms with Gasteiger partial charge in [0, 0.05) is 29.6 Å². The molecule has 5 nitrogen and oxygen atoms in total. The molecule has 0 N–H and O–H groups in total. The number of ketones is 1. The Hall–Kier alpha value is -1.91. The van der Waals surface area contributed by atoms with Crippen molar-refractivity contribution in [2.45, 2.75) is 40.7 Å². The second-order valence-corrected chi connectivity index (χ2v) is 6.82. The molecule has 0 aromatic heterocycles. The van der Waals surface area contributed by atoms with Crippen LogP contribution in [0.3, 0.4) is 0 Å². The van der Waals surface area contributed by atoms with E-state index in [-0.39, 0.29) is 22.9 Å². The van der Waals surface area contributed by atoms with Crippen LogP contribution in [0.15, 0.2) is 18.2 Å². The lowest BCUT2D eigenvalue weighted by atomic mass is 9.69. The Labute approximate surface area is 125 Å². The molecular formula is C16H22N2O3. The van der Waals surface area contributed by atoms with Gasteiger partial charge in [0.1, 0.15) is 5.69 Å². The maximum Gasteiger partial charge on any atom is 0.293 e. The Morgan fingerprint density at radius 3 is 2.48 bits per heavy atom. The molecule has 1 aromatic rings. The summed E-state index contributed by atoms with van der Waals surface area (Å²) in [5, 5.41) is 11.3. The van der Waals surface area contributed by atoms with E-state index >= 15 is 0 Å². The topological polar surface area (TPSA) is 63.5 Å². The van der Waals surface area contributed by atoms with E-state index in [4.69, 9.17) is 0 Å². The molecule has 0 unspecified atom stereocenters. The van der Waals surface area contributed by atoms with Crippen molar-refractivity contribution in [1.29, 1.82) is 0 Å². The van der Waals surface area contributed by atoms with Crippen molar-refractivity contribution < 1.29 is 9.72 Å². The lowest BCUT2D eigenvalue weighted by Crippen LogP contribution is -2.64. The van der Waals surface area contributed by atoms with Crippen LogP contribution in [-0.4, -0.2) is 23.3 Å². The van der Waals surface area contributed by atoms with E-state index in [2.05, 4.69) is 32.6 Å². The van der Waals surface area contributed by atoms with Crippen molar-refractivity contribution >= 4 is 17.2 Å². The lowest BCUT2D eigenvalue weighted by Gasteiger charge is -2.57. The highest BCUT2D eigenvalue weighted by molar-refractivity contribution is 5.95. The molecular weight excluding hydrogens is 268 g/mol. The maximum atomic E-state index is 11.4. The SMILES string of the molecule is CC(=O)c1ccc(N2CC(C)(C)[C@H]2C(C)C)c([N+](=O)[O-])c1. The normalized spacial score (nSPS) is 20.3. The number of anilines is 1. The van der Waals surface area contributed by atoms with Crippen LogP contribution in [0.2, 0.25) is 0 Å². The van der Waals surface area contributed by atoms with E-state index in [1.165, 1.54) is 13.0 Å². The summed E-state index contributed by atoms with van der Waals surface area (Å²) in [7, 11) is 0. The third-order valence-electron chi connectivity index (χ3n) is 4.23. The number of nitrogens with zero attached hydrogens (tertiary/aromatic N) is 2. The minimum absolute atomic E-state index is 0.0175. The van der Waals surface area contributed by atoms with E-state index < -0.39 is 4.92 Å². The van der Waals surface area contributed by atoms with Crippen LogP contribution >= 0.6 is 0 Å². The number of nitro groups is 1. The molecule has 1 atom stereocenters.